The van der Waals surface area contributed by atoms with Gasteiger partial charge in [0, 0.05) is 23.4 Å². The average molecular weight is 451 g/mol. The highest BCUT2D eigenvalue weighted by Gasteiger charge is 2.29. The Morgan fingerprint density at radius 3 is 2.40 bits per heavy atom. The van der Waals surface area contributed by atoms with Crippen molar-refractivity contribution in [3.63, 3.8) is 0 Å². The molecule has 0 saturated heterocycles. The van der Waals surface area contributed by atoms with Gasteiger partial charge in [0.2, 0.25) is 11.8 Å². The molecule has 1 N–H and O–H groups in total. The van der Waals surface area contributed by atoms with Crippen molar-refractivity contribution in [3.05, 3.63) is 70.5 Å². The maximum absolute atomic E-state index is 13.1. The molecule has 2 aromatic rings. The minimum Gasteiger partial charge on any atom is -0.352 e. The third kappa shape index (κ3) is 7.33. The standard InChI is InChI=1S/C23H28ClFN2O2S/c1-4-21(23(29)26-16(2)3)27(13-18-7-5-6-8-20(18)24)22(28)15-30-14-17-9-11-19(25)12-10-17/h5-12,16,21H,4,13-15H2,1-3H3,(H,26,29). The Labute approximate surface area is 187 Å². The Morgan fingerprint density at radius 2 is 1.80 bits per heavy atom. The lowest BCUT2D eigenvalue weighted by Crippen LogP contribution is -2.51. The molecule has 0 fully saturated rings. The number of rotatable bonds is 10. The second kappa shape index (κ2) is 12.0. The fourth-order valence-corrected chi connectivity index (χ4v) is 4.10. The van der Waals surface area contributed by atoms with E-state index in [1.807, 2.05) is 39.0 Å². The topological polar surface area (TPSA) is 49.4 Å². The van der Waals surface area contributed by atoms with Gasteiger partial charge in [0.05, 0.1) is 5.75 Å². The monoisotopic (exact) mass is 450 g/mol. The van der Waals surface area contributed by atoms with E-state index in [0.717, 1.165) is 11.1 Å². The smallest absolute Gasteiger partial charge is 0.243 e. The number of halogens is 2. The van der Waals surface area contributed by atoms with Gasteiger partial charge in [-0.3, -0.25) is 9.59 Å². The molecule has 0 spiro atoms. The van der Waals surface area contributed by atoms with Gasteiger partial charge in [-0.2, -0.15) is 0 Å². The van der Waals surface area contributed by atoms with Crippen molar-refractivity contribution in [3.8, 4) is 0 Å². The summed E-state index contributed by atoms with van der Waals surface area (Å²) < 4.78 is 13.1. The summed E-state index contributed by atoms with van der Waals surface area (Å²) in [5, 5.41) is 3.47. The summed E-state index contributed by atoms with van der Waals surface area (Å²) in [5.41, 5.74) is 1.74. The van der Waals surface area contributed by atoms with Gasteiger partial charge in [0.25, 0.3) is 0 Å². The van der Waals surface area contributed by atoms with Crippen molar-refractivity contribution < 1.29 is 14.0 Å². The maximum atomic E-state index is 13.1. The SMILES string of the molecule is CCC(C(=O)NC(C)C)N(Cc1ccccc1Cl)C(=O)CSCc1ccc(F)cc1. The molecule has 0 radical (unpaired) electrons. The minimum absolute atomic E-state index is 0.0170. The first-order valence-electron chi connectivity index (χ1n) is 9.97. The lowest BCUT2D eigenvalue weighted by Gasteiger charge is -2.31. The van der Waals surface area contributed by atoms with E-state index in [9.17, 15) is 14.0 Å². The minimum atomic E-state index is -0.581. The fraction of sp³-hybridized carbons (Fsp3) is 0.391. The van der Waals surface area contributed by atoms with Gasteiger partial charge in [-0.25, -0.2) is 4.39 Å². The lowest BCUT2D eigenvalue weighted by atomic mass is 10.1. The van der Waals surface area contributed by atoms with Crippen LogP contribution in [0.2, 0.25) is 5.02 Å². The number of carbonyl (C=O) groups excluding carboxylic acids is 2. The van der Waals surface area contributed by atoms with Crippen LogP contribution in [0.25, 0.3) is 0 Å². The predicted molar refractivity (Wildman–Crippen MR) is 122 cm³/mol. The van der Waals surface area contributed by atoms with Gasteiger partial charge < -0.3 is 10.2 Å². The summed E-state index contributed by atoms with van der Waals surface area (Å²) in [6.07, 6.45) is 0.497. The Balaban J connectivity index is 2.13. The third-order valence-electron chi connectivity index (χ3n) is 4.52. The molecule has 7 heteroatoms. The fourth-order valence-electron chi connectivity index (χ4n) is 3.03. The van der Waals surface area contributed by atoms with Gasteiger partial charge in [-0.15, -0.1) is 11.8 Å². The van der Waals surface area contributed by atoms with Gasteiger partial charge in [-0.1, -0.05) is 48.9 Å². The van der Waals surface area contributed by atoms with E-state index < -0.39 is 6.04 Å². The van der Waals surface area contributed by atoms with Crippen molar-refractivity contribution in [1.29, 1.82) is 0 Å². The van der Waals surface area contributed by atoms with Crippen LogP contribution < -0.4 is 5.32 Å². The molecule has 1 unspecified atom stereocenters. The van der Waals surface area contributed by atoms with Crippen LogP contribution in [0.3, 0.4) is 0 Å². The van der Waals surface area contributed by atoms with Crippen LogP contribution in [0, 0.1) is 5.82 Å². The Morgan fingerprint density at radius 1 is 1.13 bits per heavy atom. The Kier molecular flexibility index (Phi) is 9.66. The summed E-state index contributed by atoms with van der Waals surface area (Å²) in [7, 11) is 0. The molecule has 0 aliphatic rings. The van der Waals surface area contributed by atoms with E-state index in [0.29, 0.717) is 17.2 Å². The molecule has 1 atom stereocenters. The number of thioether (sulfide) groups is 1. The predicted octanol–water partition coefficient (Wildman–Crippen LogP) is 5.04. The highest BCUT2D eigenvalue weighted by molar-refractivity contribution is 7.99. The quantitative estimate of drug-likeness (QED) is 0.551. The number of nitrogens with zero attached hydrogens (tertiary/aromatic N) is 1. The van der Waals surface area contributed by atoms with Crippen LogP contribution in [0.1, 0.15) is 38.3 Å². The van der Waals surface area contributed by atoms with Crippen molar-refractivity contribution in [2.75, 3.05) is 5.75 Å². The number of hydrogen-bond acceptors (Lipinski definition) is 3. The largest absolute Gasteiger partial charge is 0.352 e. The first-order chi connectivity index (χ1) is 14.3. The van der Waals surface area contributed by atoms with Crippen LogP contribution >= 0.6 is 23.4 Å². The number of benzene rings is 2. The van der Waals surface area contributed by atoms with Crippen LogP contribution in [-0.2, 0) is 21.9 Å². The molecule has 0 saturated carbocycles. The van der Waals surface area contributed by atoms with Gasteiger partial charge in [0.15, 0.2) is 0 Å². The zero-order valence-electron chi connectivity index (χ0n) is 17.5. The Bertz CT molecular complexity index is 845. The number of amides is 2. The molecule has 0 heterocycles. The molecule has 0 aliphatic heterocycles. The summed E-state index contributed by atoms with van der Waals surface area (Å²) in [4.78, 5) is 27.5. The van der Waals surface area contributed by atoms with Crippen molar-refractivity contribution >= 4 is 35.2 Å². The molecule has 0 aromatic heterocycles. The molecule has 0 aliphatic carbocycles. The highest BCUT2D eigenvalue weighted by atomic mass is 35.5. The van der Waals surface area contributed by atoms with Crippen LogP contribution in [0.4, 0.5) is 4.39 Å². The molecule has 30 heavy (non-hydrogen) atoms. The lowest BCUT2D eigenvalue weighted by molar-refractivity contribution is -0.139. The molecule has 4 nitrogen and oxygen atoms in total. The number of nitrogens with one attached hydrogen (secondary N) is 1. The molecule has 0 bridgehead atoms. The highest BCUT2D eigenvalue weighted by Crippen LogP contribution is 2.21. The zero-order valence-corrected chi connectivity index (χ0v) is 19.1. The normalized spacial score (nSPS) is 11.9. The van der Waals surface area contributed by atoms with E-state index in [2.05, 4.69) is 5.32 Å². The van der Waals surface area contributed by atoms with Crippen molar-refractivity contribution in [2.45, 2.75) is 51.6 Å². The van der Waals surface area contributed by atoms with Crippen molar-refractivity contribution in [1.82, 2.24) is 10.2 Å². The summed E-state index contributed by atoms with van der Waals surface area (Å²) in [6, 6.07) is 13.0. The summed E-state index contributed by atoms with van der Waals surface area (Å²) >= 11 is 7.75. The summed E-state index contributed by atoms with van der Waals surface area (Å²) in [5.74, 6) is 0.214. The average Bonchev–Trinajstić information content (AvgIpc) is 2.70. The molecule has 2 amide bonds. The van der Waals surface area contributed by atoms with Crippen LogP contribution in [0.15, 0.2) is 48.5 Å². The van der Waals surface area contributed by atoms with E-state index in [4.69, 9.17) is 11.6 Å². The zero-order chi connectivity index (χ0) is 22.1. The van der Waals surface area contributed by atoms with E-state index in [1.165, 1.54) is 23.9 Å². The van der Waals surface area contributed by atoms with Crippen molar-refractivity contribution in [2.24, 2.45) is 0 Å². The first kappa shape index (κ1) is 24.2. The van der Waals surface area contributed by atoms with Gasteiger partial charge >= 0.3 is 0 Å². The third-order valence-corrected chi connectivity index (χ3v) is 5.88. The molecule has 2 aromatic carbocycles. The molecule has 2 rings (SSSR count). The van der Waals surface area contributed by atoms with Crippen LogP contribution in [-0.4, -0.2) is 34.6 Å². The second-order valence-corrected chi connectivity index (χ2v) is 8.71. The first-order valence-corrected chi connectivity index (χ1v) is 11.5. The van der Waals surface area contributed by atoms with Gasteiger partial charge in [0.1, 0.15) is 11.9 Å². The summed E-state index contributed by atoms with van der Waals surface area (Å²) in [6.45, 7) is 5.94. The number of carbonyl (C=O) groups is 2. The Hall–Kier alpha value is -2.05. The molecule has 162 valence electrons. The number of hydrogen-bond donors (Lipinski definition) is 1. The molecular weight excluding hydrogens is 423 g/mol. The molecular formula is C23H28ClFN2O2S. The van der Waals surface area contributed by atoms with E-state index >= 15 is 0 Å². The van der Waals surface area contributed by atoms with E-state index in [-0.39, 0.29) is 36.0 Å². The van der Waals surface area contributed by atoms with Gasteiger partial charge in [-0.05, 0) is 49.6 Å². The van der Waals surface area contributed by atoms with Crippen LogP contribution in [0.5, 0.6) is 0 Å². The van der Waals surface area contributed by atoms with E-state index in [1.54, 1.807) is 23.1 Å². The maximum Gasteiger partial charge on any atom is 0.243 e. The second-order valence-electron chi connectivity index (χ2n) is 7.32.